The number of hydrogen-bond acceptors (Lipinski definition) is 7. The average Bonchev–Trinajstić information content (AvgIpc) is 2.84. The lowest BCUT2D eigenvalue weighted by atomic mass is 9.97. The molecule has 0 amide bonds. The van der Waals surface area contributed by atoms with Gasteiger partial charge in [0.15, 0.2) is 0 Å². The van der Waals surface area contributed by atoms with Crippen LogP contribution in [0.4, 0.5) is 5.69 Å². The van der Waals surface area contributed by atoms with Gasteiger partial charge in [0.25, 0.3) is 10.0 Å². The van der Waals surface area contributed by atoms with E-state index in [1.165, 1.54) is 13.2 Å². The smallest absolute Gasteiger partial charge is 0.265 e. The van der Waals surface area contributed by atoms with Gasteiger partial charge in [0.05, 0.1) is 29.9 Å². The molecule has 0 aliphatic rings. The summed E-state index contributed by atoms with van der Waals surface area (Å²) in [6.07, 6.45) is 5.67. The quantitative estimate of drug-likeness (QED) is 0.417. The molecule has 9 heteroatoms. The van der Waals surface area contributed by atoms with E-state index >= 15 is 0 Å². The lowest BCUT2D eigenvalue weighted by Crippen LogP contribution is -2.15. The normalized spacial score (nSPS) is 11.3. The molecule has 174 valence electrons. The highest BCUT2D eigenvalue weighted by atomic mass is 32.2. The zero-order chi connectivity index (χ0) is 24.3. The predicted molar refractivity (Wildman–Crippen MR) is 131 cm³/mol. The number of benzene rings is 1. The number of methoxy groups -OCH3 is 1. The van der Waals surface area contributed by atoms with Gasteiger partial charge in [-0.05, 0) is 50.6 Å². The molecule has 4 rings (SSSR count). The molecule has 0 aliphatic carbocycles. The van der Waals surface area contributed by atoms with E-state index < -0.39 is 10.0 Å². The summed E-state index contributed by atoms with van der Waals surface area (Å²) in [6.45, 7) is 5.68. The van der Waals surface area contributed by atoms with Gasteiger partial charge in [-0.1, -0.05) is 19.1 Å². The zero-order valence-electron chi connectivity index (χ0n) is 19.4. The van der Waals surface area contributed by atoms with E-state index in [4.69, 9.17) is 4.74 Å². The number of para-hydroxylation sites is 1. The standard InChI is InChI=1S/C25H25N5O3S/c1-5-20-24(25(29-15-28-20)18-10-11-26-16(2)12-18)19-13-21(17(3)27-14-19)30-34(31,32)23-9-7-6-8-22(23)33-4/h6-15,30H,5H2,1-4H3. The second-order valence-corrected chi connectivity index (χ2v) is 9.35. The number of aryl methyl sites for hydroxylation is 3. The van der Waals surface area contributed by atoms with Crippen molar-refractivity contribution in [1.82, 2.24) is 19.9 Å². The Bertz CT molecular complexity index is 1450. The minimum absolute atomic E-state index is 0.0487. The molecule has 0 aliphatic heterocycles. The Labute approximate surface area is 199 Å². The van der Waals surface area contributed by atoms with Crippen LogP contribution in [0.15, 0.2) is 66.1 Å². The maximum atomic E-state index is 13.2. The first-order valence-electron chi connectivity index (χ1n) is 10.7. The van der Waals surface area contributed by atoms with Crippen molar-refractivity contribution < 1.29 is 13.2 Å². The third-order valence-electron chi connectivity index (χ3n) is 5.41. The molecule has 0 radical (unpaired) electrons. The van der Waals surface area contributed by atoms with Crippen LogP contribution in [0.2, 0.25) is 0 Å². The molecule has 0 saturated heterocycles. The van der Waals surface area contributed by atoms with Gasteiger partial charge in [0.2, 0.25) is 0 Å². The van der Waals surface area contributed by atoms with Crippen molar-refractivity contribution in [3.8, 4) is 28.1 Å². The predicted octanol–water partition coefficient (Wildman–Crippen LogP) is 4.59. The Kier molecular flexibility index (Phi) is 6.56. The first-order valence-corrected chi connectivity index (χ1v) is 12.2. The summed E-state index contributed by atoms with van der Waals surface area (Å²) in [6, 6.07) is 12.1. The second-order valence-electron chi connectivity index (χ2n) is 7.70. The van der Waals surface area contributed by atoms with Crippen LogP contribution in [-0.4, -0.2) is 35.5 Å². The summed E-state index contributed by atoms with van der Waals surface area (Å²) in [5, 5.41) is 0. The number of pyridine rings is 2. The molecule has 1 aromatic carbocycles. The number of nitrogens with zero attached hydrogens (tertiary/aromatic N) is 4. The first-order chi connectivity index (χ1) is 16.3. The van der Waals surface area contributed by atoms with Crippen molar-refractivity contribution in [3.63, 3.8) is 0 Å². The van der Waals surface area contributed by atoms with E-state index in [1.807, 2.05) is 26.0 Å². The minimum Gasteiger partial charge on any atom is -0.495 e. The highest BCUT2D eigenvalue weighted by Crippen LogP contribution is 2.35. The fraction of sp³-hybridized carbons (Fsp3) is 0.200. The highest BCUT2D eigenvalue weighted by molar-refractivity contribution is 7.92. The van der Waals surface area contributed by atoms with Crippen molar-refractivity contribution in [1.29, 1.82) is 0 Å². The van der Waals surface area contributed by atoms with Gasteiger partial charge < -0.3 is 4.74 Å². The van der Waals surface area contributed by atoms with Gasteiger partial charge in [0, 0.05) is 34.8 Å². The Morgan fingerprint density at radius 2 is 1.76 bits per heavy atom. The van der Waals surface area contributed by atoms with Crippen LogP contribution in [0.1, 0.15) is 24.0 Å². The van der Waals surface area contributed by atoms with E-state index in [2.05, 4.69) is 24.7 Å². The van der Waals surface area contributed by atoms with Gasteiger partial charge in [0.1, 0.15) is 17.0 Å². The molecule has 34 heavy (non-hydrogen) atoms. The maximum absolute atomic E-state index is 13.2. The van der Waals surface area contributed by atoms with Crippen LogP contribution < -0.4 is 9.46 Å². The highest BCUT2D eigenvalue weighted by Gasteiger charge is 2.22. The van der Waals surface area contributed by atoms with E-state index in [0.29, 0.717) is 23.4 Å². The molecule has 0 unspecified atom stereocenters. The molecular weight excluding hydrogens is 450 g/mol. The van der Waals surface area contributed by atoms with Crippen LogP contribution in [-0.2, 0) is 16.4 Å². The molecule has 0 bridgehead atoms. The number of aromatic nitrogens is 4. The molecule has 0 spiro atoms. The number of anilines is 1. The lowest BCUT2D eigenvalue weighted by molar-refractivity contribution is 0.403. The van der Waals surface area contributed by atoms with Crippen LogP contribution in [0.25, 0.3) is 22.4 Å². The third-order valence-corrected chi connectivity index (χ3v) is 6.81. The molecule has 1 N–H and O–H groups in total. The van der Waals surface area contributed by atoms with E-state index in [9.17, 15) is 8.42 Å². The van der Waals surface area contributed by atoms with Crippen LogP contribution in [0.3, 0.4) is 0 Å². The monoisotopic (exact) mass is 475 g/mol. The Morgan fingerprint density at radius 3 is 2.50 bits per heavy atom. The van der Waals surface area contributed by atoms with E-state index in [1.54, 1.807) is 49.9 Å². The fourth-order valence-corrected chi connectivity index (χ4v) is 5.00. The SMILES string of the molecule is CCc1ncnc(-c2ccnc(C)c2)c1-c1cnc(C)c(NS(=O)(=O)c2ccccc2OC)c1. The molecule has 4 aromatic rings. The molecule has 3 heterocycles. The van der Waals surface area contributed by atoms with Crippen molar-refractivity contribution in [2.75, 3.05) is 11.8 Å². The fourth-order valence-electron chi connectivity index (χ4n) is 3.72. The molecule has 0 fully saturated rings. The number of rotatable bonds is 7. The summed E-state index contributed by atoms with van der Waals surface area (Å²) in [5.41, 5.74) is 5.77. The largest absolute Gasteiger partial charge is 0.495 e. The zero-order valence-corrected chi connectivity index (χ0v) is 20.2. The maximum Gasteiger partial charge on any atom is 0.265 e. The molecular formula is C25H25N5O3S. The van der Waals surface area contributed by atoms with Crippen molar-refractivity contribution in [3.05, 3.63) is 78.3 Å². The van der Waals surface area contributed by atoms with Crippen LogP contribution in [0.5, 0.6) is 5.75 Å². The third kappa shape index (κ3) is 4.60. The van der Waals surface area contributed by atoms with Crippen molar-refractivity contribution in [2.24, 2.45) is 0 Å². The number of nitrogens with one attached hydrogen (secondary N) is 1. The van der Waals surface area contributed by atoms with Crippen LogP contribution >= 0.6 is 0 Å². The van der Waals surface area contributed by atoms with Gasteiger partial charge in [-0.25, -0.2) is 18.4 Å². The average molecular weight is 476 g/mol. The van der Waals surface area contributed by atoms with E-state index in [-0.39, 0.29) is 10.6 Å². The van der Waals surface area contributed by atoms with E-state index in [0.717, 1.165) is 28.2 Å². The molecule has 3 aromatic heterocycles. The second kappa shape index (κ2) is 9.56. The summed E-state index contributed by atoms with van der Waals surface area (Å²) in [4.78, 5) is 17.8. The van der Waals surface area contributed by atoms with Gasteiger partial charge >= 0.3 is 0 Å². The summed E-state index contributed by atoms with van der Waals surface area (Å²) >= 11 is 0. The molecule has 0 saturated carbocycles. The summed E-state index contributed by atoms with van der Waals surface area (Å²) < 4.78 is 34.3. The number of ether oxygens (including phenoxy) is 1. The minimum atomic E-state index is -3.92. The summed E-state index contributed by atoms with van der Waals surface area (Å²) in [7, 11) is -2.48. The Balaban J connectivity index is 1.84. The van der Waals surface area contributed by atoms with Gasteiger partial charge in [-0.15, -0.1) is 0 Å². The van der Waals surface area contributed by atoms with Gasteiger partial charge in [-0.3, -0.25) is 14.7 Å². The topological polar surface area (TPSA) is 107 Å². The molecule has 0 atom stereocenters. The Hall–Kier alpha value is -3.85. The Morgan fingerprint density at radius 1 is 0.971 bits per heavy atom. The first kappa shape index (κ1) is 23.3. The lowest BCUT2D eigenvalue weighted by Gasteiger charge is -2.16. The number of hydrogen-bond donors (Lipinski definition) is 1. The van der Waals surface area contributed by atoms with Crippen molar-refractivity contribution >= 4 is 15.7 Å². The summed E-state index contributed by atoms with van der Waals surface area (Å²) in [5.74, 6) is 0.261. The van der Waals surface area contributed by atoms with Crippen molar-refractivity contribution in [2.45, 2.75) is 32.1 Å². The number of sulfonamides is 1. The molecule has 8 nitrogen and oxygen atoms in total. The van der Waals surface area contributed by atoms with Crippen LogP contribution in [0, 0.1) is 13.8 Å². The van der Waals surface area contributed by atoms with Gasteiger partial charge in [-0.2, -0.15) is 0 Å².